The van der Waals surface area contributed by atoms with Crippen molar-refractivity contribution in [1.29, 1.82) is 0 Å². The highest BCUT2D eigenvalue weighted by molar-refractivity contribution is 14.0. The van der Waals surface area contributed by atoms with E-state index in [0.29, 0.717) is 18.7 Å². The number of nitrogens with zero attached hydrogens (tertiary/aromatic N) is 1. The zero-order chi connectivity index (χ0) is 14.6. The quantitative estimate of drug-likeness (QED) is 0.282. The largest absolute Gasteiger partial charge is 0.357 e. The third-order valence-corrected chi connectivity index (χ3v) is 2.58. The summed E-state index contributed by atoms with van der Waals surface area (Å²) in [5.74, 6) is 0.742. The first kappa shape index (κ1) is 19.7. The summed E-state index contributed by atoms with van der Waals surface area (Å²) in [6.45, 7) is 6.95. The van der Waals surface area contributed by atoms with E-state index in [1.54, 1.807) is 12.1 Å². The number of hydrogen-bond donors (Lipinski definition) is 3. The van der Waals surface area contributed by atoms with Crippen LogP contribution >= 0.6 is 24.0 Å². The van der Waals surface area contributed by atoms with Crippen molar-refractivity contribution in [3.63, 3.8) is 0 Å². The minimum absolute atomic E-state index is 0. The molecule has 0 unspecified atom stereocenters. The van der Waals surface area contributed by atoms with Crippen LogP contribution in [0.1, 0.15) is 30.6 Å². The van der Waals surface area contributed by atoms with Gasteiger partial charge in [-0.2, -0.15) is 0 Å². The second-order valence-electron chi connectivity index (χ2n) is 4.31. The Morgan fingerprint density at radius 1 is 1.05 bits per heavy atom. The summed E-state index contributed by atoms with van der Waals surface area (Å²) in [7, 11) is 0. The minimum Gasteiger partial charge on any atom is -0.357 e. The number of guanidine groups is 1. The summed E-state index contributed by atoms with van der Waals surface area (Å²) in [6.07, 6.45) is 1.02. The molecule has 0 spiro atoms. The molecule has 0 aliphatic carbocycles. The molecule has 1 rings (SSSR count). The number of rotatable bonds is 7. The Labute approximate surface area is 144 Å². The number of amides is 1. The average molecular weight is 404 g/mol. The first-order valence-corrected chi connectivity index (χ1v) is 7.13. The first-order valence-electron chi connectivity index (χ1n) is 7.13. The van der Waals surface area contributed by atoms with Crippen molar-refractivity contribution < 1.29 is 4.79 Å². The highest BCUT2D eigenvalue weighted by Gasteiger charge is 2.03. The van der Waals surface area contributed by atoms with E-state index in [1.807, 2.05) is 25.1 Å². The number of hydrogen-bond acceptors (Lipinski definition) is 2. The summed E-state index contributed by atoms with van der Waals surface area (Å²) in [4.78, 5) is 16.2. The fourth-order valence-electron chi connectivity index (χ4n) is 1.61. The Morgan fingerprint density at radius 2 is 1.71 bits per heavy atom. The number of carbonyl (C=O) groups is 1. The molecule has 21 heavy (non-hydrogen) atoms. The van der Waals surface area contributed by atoms with Gasteiger partial charge in [-0.1, -0.05) is 25.1 Å². The summed E-state index contributed by atoms with van der Waals surface area (Å²) >= 11 is 0. The van der Waals surface area contributed by atoms with Gasteiger partial charge in [-0.15, -0.1) is 24.0 Å². The zero-order valence-corrected chi connectivity index (χ0v) is 15.0. The SMILES string of the molecule is CCCN=C(NCC)NCCNC(=O)c1ccccc1.I. The van der Waals surface area contributed by atoms with Crippen LogP contribution < -0.4 is 16.0 Å². The van der Waals surface area contributed by atoms with E-state index in [4.69, 9.17) is 0 Å². The molecule has 0 radical (unpaired) electrons. The smallest absolute Gasteiger partial charge is 0.251 e. The van der Waals surface area contributed by atoms with Gasteiger partial charge >= 0.3 is 0 Å². The molecule has 0 bridgehead atoms. The lowest BCUT2D eigenvalue weighted by Gasteiger charge is -2.11. The van der Waals surface area contributed by atoms with Gasteiger partial charge in [-0.3, -0.25) is 9.79 Å². The Balaban J connectivity index is 0.00000400. The van der Waals surface area contributed by atoms with Gasteiger partial charge < -0.3 is 16.0 Å². The van der Waals surface area contributed by atoms with Gasteiger partial charge in [0.15, 0.2) is 5.96 Å². The highest BCUT2D eigenvalue weighted by atomic mass is 127. The Bertz CT molecular complexity index is 423. The molecule has 0 aliphatic heterocycles. The monoisotopic (exact) mass is 404 g/mol. The third-order valence-electron chi connectivity index (χ3n) is 2.58. The topological polar surface area (TPSA) is 65.5 Å². The van der Waals surface area contributed by atoms with Crippen molar-refractivity contribution >= 4 is 35.8 Å². The molecule has 0 saturated carbocycles. The average Bonchev–Trinajstić information content (AvgIpc) is 2.49. The molecule has 6 heteroatoms. The van der Waals surface area contributed by atoms with Crippen LogP contribution in [-0.4, -0.2) is 38.0 Å². The molecule has 3 N–H and O–H groups in total. The van der Waals surface area contributed by atoms with E-state index in [9.17, 15) is 4.79 Å². The molecule has 118 valence electrons. The van der Waals surface area contributed by atoms with Crippen LogP contribution in [0.5, 0.6) is 0 Å². The van der Waals surface area contributed by atoms with Crippen molar-refractivity contribution in [3.8, 4) is 0 Å². The summed E-state index contributed by atoms with van der Waals surface area (Å²) in [5, 5.41) is 9.22. The van der Waals surface area contributed by atoms with Crippen LogP contribution in [0.4, 0.5) is 0 Å². The van der Waals surface area contributed by atoms with Crippen molar-refractivity contribution in [2.24, 2.45) is 4.99 Å². The molecule has 1 aromatic carbocycles. The molecule has 1 amide bonds. The molecule has 0 heterocycles. The molecule has 1 aromatic rings. The number of halogens is 1. The van der Waals surface area contributed by atoms with Gasteiger partial charge in [0.1, 0.15) is 0 Å². The predicted octanol–water partition coefficient (Wildman–Crippen LogP) is 2.00. The molecule has 0 atom stereocenters. The number of aliphatic imine (C=N–C) groups is 1. The lowest BCUT2D eigenvalue weighted by molar-refractivity contribution is 0.0954. The maximum absolute atomic E-state index is 11.8. The molecular weight excluding hydrogens is 379 g/mol. The maximum Gasteiger partial charge on any atom is 0.251 e. The van der Waals surface area contributed by atoms with Crippen molar-refractivity contribution in [3.05, 3.63) is 35.9 Å². The fourth-order valence-corrected chi connectivity index (χ4v) is 1.61. The van der Waals surface area contributed by atoms with Gasteiger partial charge in [0.2, 0.25) is 0 Å². The molecule has 5 nitrogen and oxygen atoms in total. The summed E-state index contributed by atoms with van der Waals surface area (Å²) in [5.41, 5.74) is 0.680. The molecule has 0 aromatic heterocycles. The second-order valence-corrected chi connectivity index (χ2v) is 4.31. The van der Waals surface area contributed by atoms with E-state index in [-0.39, 0.29) is 29.9 Å². The maximum atomic E-state index is 11.8. The van der Waals surface area contributed by atoms with Gasteiger partial charge in [-0.25, -0.2) is 0 Å². The molecular formula is C15H25IN4O. The molecule has 0 fully saturated rings. The third kappa shape index (κ3) is 8.54. The fraction of sp³-hybridized carbons (Fsp3) is 0.467. The minimum atomic E-state index is -0.0529. The van der Waals surface area contributed by atoms with Crippen LogP contribution in [-0.2, 0) is 0 Å². The highest BCUT2D eigenvalue weighted by Crippen LogP contribution is 1.96. The number of nitrogens with one attached hydrogen (secondary N) is 3. The first-order chi connectivity index (χ1) is 9.77. The second kappa shape index (κ2) is 12.4. The lowest BCUT2D eigenvalue weighted by Crippen LogP contribution is -2.41. The van der Waals surface area contributed by atoms with E-state index in [0.717, 1.165) is 25.5 Å². The molecule has 0 aliphatic rings. The van der Waals surface area contributed by atoms with Crippen LogP contribution in [0.2, 0.25) is 0 Å². The van der Waals surface area contributed by atoms with E-state index in [1.165, 1.54) is 0 Å². The van der Waals surface area contributed by atoms with Crippen molar-refractivity contribution in [1.82, 2.24) is 16.0 Å². The van der Waals surface area contributed by atoms with Crippen LogP contribution in [0, 0.1) is 0 Å². The standard InChI is InChI=1S/C15H24N4O.HI/c1-3-10-18-15(16-4-2)19-12-11-17-14(20)13-8-6-5-7-9-13;/h5-9H,3-4,10-12H2,1-2H3,(H,17,20)(H2,16,18,19);1H. The van der Waals surface area contributed by atoms with Gasteiger partial charge in [0.25, 0.3) is 5.91 Å². The number of benzene rings is 1. The van der Waals surface area contributed by atoms with Gasteiger partial charge in [0, 0.05) is 31.7 Å². The predicted molar refractivity (Wildman–Crippen MR) is 98.5 cm³/mol. The Hall–Kier alpha value is -1.31. The summed E-state index contributed by atoms with van der Waals surface area (Å²) in [6, 6.07) is 9.21. The van der Waals surface area contributed by atoms with Gasteiger partial charge in [-0.05, 0) is 25.5 Å². The van der Waals surface area contributed by atoms with Gasteiger partial charge in [0.05, 0.1) is 0 Å². The van der Waals surface area contributed by atoms with Crippen LogP contribution in [0.3, 0.4) is 0 Å². The van der Waals surface area contributed by atoms with Crippen molar-refractivity contribution in [2.75, 3.05) is 26.2 Å². The van der Waals surface area contributed by atoms with E-state index >= 15 is 0 Å². The van der Waals surface area contributed by atoms with Crippen LogP contribution in [0.15, 0.2) is 35.3 Å². The van der Waals surface area contributed by atoms with E-state index in [2.05, 4.69) is 27.9 Å². The lowest BCUT2D eigenvalue weighted by atomic mass is 10.2. The Morgan fingerprint density at radius 3 is 2.33 bits per heavy atom. The zero-order valence-electron chi connectivity index (χ0n) is 12.7. The molecule has 0 saturated heterocycles. The normalized spacial score (nSPS) is 10.5. The van der Waals surface area contributed by atoms with Crippen molar-refractivity contribution in [2.45, 2.75) is 20.3 Å². The van der Waals surface area contributed by atoms with Crippen LogP contribution in [0.25, 0.3) is 0 Å². The Kier molecular flexibility index (Phi) is 11.7. The summed E-state index contributed by atoms with van der Waals surface area (Å²) < 4.78 is 0. The van der Waals surface area contributed by atoms with E-state index < -0.39 is 0 Å². The number of carbonyl (C=O) groups excluding carboxylic acids is 1.